The van der Waals surface area contributed by atoms with E-state index >= 15 is 0 Å². The second-order valence-electron chi connectivity index (χ2n) is 6.20. The summed E-state index contributed by atoms with van der Waals surface area (Å²) >= 11 is 0. The molecule has 0 saturated heterocycles. The Morgan fingerprint density at radius 3 is 2.33 bits per heavy atom. The Labute approximate surface area is 109 Å². The second kappa shape index (κ2) is 5.69. The van der Waals surface area contributed by atoms with Crippen molar-refractivity contribution in [3.63, 3.8) is 0 Å². The number of aliphatic hydroxyl groups is 1. The number of aliphatic hydroxyl groups excluding tert-OH is 1. The SMILES string of the molecule is CN(CC1CC(O)C1)C(=O)CNC(=O)C(C)(C)C. The minimum Gasteiger partial charge on any atom is -0.393 e. The summed E-state index contributed by atoms with van der Waals surface area (Å²) in [6, 6.07) is 0. The van der Waals surface area contributed by atoms with Gasteiger partial charge in [0.05, 0.1) is 12.6 Å². The van der Waals surface area contributed by atoms with Crippen LogP contribution in [0.4, 0.5) is 0 Å². The van der Waals surface area contributed by atoms with E-state index in [1.807, 2.05) is 20.8 Å². The van der Waals surface area contributed by atoms with Crippen molar-refractivity contribution in [1.82, 2.24) is 10.2 Å². The van der Waals surface area contributed by atoms with Crippen LogP contribution in [0.5, 0.6) is 0 Å². The van der Waals surface area contributed by atoms with Crippen molar-refractivity contribution >= 4 is 11.8 Å². The molecule has 1 saturated carbocycles. The summed E-state index contributed by atoms with van der Waals surface area (Å²) in [6.45, 7) is 6.13. The van der Waals surface area contributed by atoms with Crippen LogP contribution in [0, 0.1) is 11.3 Å². The molecule has 5 nitrogen and oxygen atoms in total. The number of nitrogens with one attached hydrogen (secondary N) is 1. The molecule has 1 aliphatic rings. The quantitative estimate of drug-likeness (QED) is 0.764. The molecule has 104 valence electrons. The average molecular weight is 256 g/mol. The van der Waals surface area contributed by atoms with Gasteiger partial charge in [-0.05, 0) is 18.8 Å². The van der Waals surface area contributed by atoms with Crippen LogP contribution in [-0.2, 0) is 9.59 Å². The first-order valence-corrected chi connectivity index (χ1v) is 6.40. The molecule has 18 heavy (non-hydrogen) atoms. The highest BCUT2D eigenvalue weighted by molar-refractivity contribution is 5.87. The molecule has 0 atom stereocenters. The molecule has 0 aromatic carbocycles. The zero-order valence-corrected chi connectivity index (χ0v) is 11.7. The maximum absolute atomic E-state index is 11.8. The minimum absolute atomic E-state index is 0.0435. The maximum atomic E-state index is 11.8. The van der Waals surface area contributed by atoms with Crippen LogP contribution in [0.25, 0.3) is 0 Å². The predicted octanol–water partition coefficient (Wildman–Crippen LogP) is 0.378. The summed E-state index contributed by atoms with van der Waals surface area (Å²) in [7, 11) is 1.73. The third-order valence-electron chi connectivity index (χ3n) is 3.25. The number of likely N-dealkylation sites (N-methyl/N-ethyl adjacent to an activating group) is 1. The molecule has 0 spiro atoms. The monoisotopic (exact) mass is 256 g/mol. The molecule has 0 aromatic heterocycles. The number of hydrogen-bond acceptors (Lipinski definition) is 3. The topological polar surface area (TPSA) is 69.6 Å². The van der Waals surface area contributed by atoms with E-state index in [2.05, 4.69) is 5.32 Å². The van der Waals surface area contributed by atoms with Gasteiger partial charge in [0, 0.05) is 19.0 Å². The van der Waals surface area contributed by atoms with E-state index in [9.17, 15) is 14.7 Å². The van der Waals surface area contributed by atoms with E-state index in [0.29, 0.717) is 12.5 Å². The van der Waals surface area contributed by atoms with Gasteiger partial charge in [0.1, 0.15) is 0 Å². The van der Waals surface area contributed by atoms with E-state index in [1.165, 1.54) is 0 Å². The molecule has 2 amide bonds. The van der Waals surface area contributed by atoms with E-state index < -0.39 is 5.41 Å². The number of rotatable bonds is 4. The summed E-state index contributed by atoms with van der Waals surface area (Å²) in [5.74, 6) is 0.185. The van der Waals surface area contributed by atoms with Crippen LogP contribution < -0.4 is 5.32 Å². The van der Waals surface area contributed by atoms with Gasteiger partial charge in [0.2, 0.25) is 11.8 Å². The molecule has 0 aliphatic heterocycles. The number of carbonyl (C=O) groups excluding carboxylic acids is 2. The molecule has 2 N–H and O–H groups in total. The lowest BCUT2D eigenvalue weighted by atomic mass is 9.82. The van der Waals surface area contributed by atoms with Gasteiger partial charge in [-0.2, -0.15) is 0 Å². The largest absolute Gasteiger partial charge is 0.393 e. The van der Waals surface area contributed by atoms with E-state index in [1.54, 1.807) is 11.9 Å². The molecule has 0 bridgehead atoms. The number of nitrogens with zero attached hydrogens (tertiary/aromatic N) is 1. The highest BCUT2D eigenvalue weighted by Crippen LogP contribution is 2.27. The highest BCUT2D eigenvalue weighted by atomic mass is 16.3. The fraction of sp³-hybridized carbons (Fsp3) is 0.846. The molecule has 1 rings (SSSR count). The fourth-order valence-electron chi connectivity index (χ4n) is 1.89. The van der Waals surface area contributed by atoms with E-state index in [0.717, 1.165) is 12.8 Å². The summed E-state index contributed by atoms with van der Waals surface area (Å²) < 4.78 is 0. The van der Waals surface area contributed by atoms with Crippen molar-refractivity contribution in [2.45, 2.75) is 39.7 Å². The predicted molar refractivity (Wildman–Crippen MR) is 68.8 cm³/mol. The molecule has 1 fully saturated rings. The Morgan fingerprint density at radius 2 is 1.89 bits per heavy atom. The van der Waals surface area contributed by atoms with Gasteiger partial charge in [0.15, 0.2) is 0 Å². The number of hydrogen-bond donors (Lipinski definition) is 2. The third kappa shape index (κ3) is 4.29. The zero-order valence-electron chi connectivity index (χ0n) is 11.7. The van der Waals surface area contributed by atoms with Crippen molar-refractivity contribution in [3.8, 4) is 0 Å². The highest BCUT2D eigenvalue weighted by Gasteiger charge is 2.29. The number of carbonyl (C=O) groups is 2. The normalized spacial score (nSPS) is 23.2. The van der Waals surface area contributed by atoms with Crippen molar-refractivity contribution in [2.75, 3.05) is 20.1 Å². The van der Waals surface area contributed by atoms with Crippen molar-refractivity contribution in [1.29, 1.82) is 0 Å². The molecule has 1 aliphatic carbocycles. The van der Waals surface area contributed by atoms with Crippen LogP contribution in [0.3, 0.4) is 0 Å². The Hall–Kier alpha value is -1.10. The van der Waals surface area contributed by atoms with Crippen LogP contribution in [0.1, 0.15) is 33.6 Å². The maximum Gasteiger partial charge on any atom is 0.241 e. The first-order chi connectivity index (χ1) is 8.20. The summed E-state index contributed by atoms with van der Waals surface area (Å²) in [5, 5.41) is 11.8. The second-order valence-corrected chi connectivity index (χ2v) is 6.20. The van der Waals surface area contributed by atoms with Crippen LogP contribution >= 0.6 is 0 Å². The smallest absolute Gasteiger partial charge is 0.241 e. The van der Waals surface area contributed by atoms with Crippen LogP contribution in [0.15, 0.2) is 0 Å². The molecule has 0 unspecified atom stereocenters. The molecule has 0 heterocycles. The first-order valence-electron chi connectivity index (χ1n) is 6.40. The Bertz CT molecular complexity index is 317. The van der Waals surface area contributed by atoms with E-state index in [4.69, 9.17) is 0 Å². The van der Waals surface area contributed by atoms with Gasteiger partial charge in [-0.1, -0.05) is 20.8 Å². The molecular formula is C13H24N2O3. The standard InChI is InChI=1S/C13H24N2O3/c1-13(2,3)12(18)14-7-11(17)15(4)8-9-5-10(16)6-9/h9-10,16H,5-8H2,1-4H3,(H,14,18). The van der Waals surface area contributed by atoms with E-state index in [-0.39, 0.29) is 24.5 Å². The molecule has 0 radical (unpaired) electrons. The number of amides is 2. The van der Waals surface area contributed by atoms with Gasteiger partial charge in [0.25, 0.3) is 0 Å². The molecule has 5 heteroatoms. The Kier molecular flexibility index (Phi) is 4.73. The van der Waals surface area contributed by atoms with Gasteiger partial charge < -0.3 is 15.3 Å². The lowest BCUT2D eigenvalue weighted by Crippen LogP contribution is -2.45. The molecule has 0 aromatic rings. The van der Waals surface area contributed by atoms with Crippen molar-refractivity contribution < 1.29 is 14.7 Å². The summed E-state index contributed by atoms with van der Waals surface area (Å²) in [4.78, 5) is 25.0. The van der Waals surface area contributed by atoms with Gasteiger partial charge in [-0.15, -0.1) is 0 Å². The fourth-order valence-corrected chi connectivity index (χ4v) is 1.89. The average Bonchev–Trinajstić information content (AvgIpc) is 2.21. The third-order valence-corrected chi connectivity index (χ3v) is 3.25. The van der Waals surface area contributed by atoms with Gasteiger partial charge in [-0.25, -0.2) is 0 Å². The van der Waals surface area contributed by atoms with Crippen molar-refractivity contribution in [3.05, 3.63) is 0 Å². The van der Waals surface area contributed by atoms with Crippen LogP contribution in [0.2, 0.25) is 0 Å². The van der Waals surface area contributed by atoms with Gasteiger partial charge in [-0.3, -0.25) is 9.59 Å². The van der Waals surface area contributed by atoms with Crippen LogP contribution in [-0.4, -0.2) is 48.1 Å². The molecular weight excluding hydrogens is 232 g/mol. The lowest BCUT2D eigenvalue weighted by Gasteiger charge is -2.34. The summed E-state index contributed by atoms with van der Waals surface area (Å²) in [5.41, 5.74) is -0.475. The zero-order chi connectivity index (χ0) is 13.9. The lowest BCUT2D eigenvalue weighted by molar-refractivity contribution is -0.135. The van der Waals surface area contributed by atoms with Crippen molar-refractivity contribution in [2.24, 2.45) is 11.3 Å². The minimum atomic E-state index is -0.475. The Morgan fingerprint density at radius 1 is 1.33 bits per heavy atom. The summed E-state index contributed by atoms with van der Waals surface area (Å²) in [6.07, 6.45) is 1.34. The Balaban J connectivity index is 2.26. The first kappa shape index (κ1) is 15.0. The van der Waals surface area contributed by atoms with Gasteiger partial charge >= 0.3 is 0 Å².